The number of benzene rings is 1. The topological polar surface area (TPSA) is 29.5 Å². The number of hydrogen-bond donors (Lipinski definition) is 1. The van der Waals surface area contributed by atoms with Crippen molar-refractivity contribution < 1.29 is 18.6 Å². The van der Waals surface area contributed by atoms with Crippen LogP contribution in [-0.4, -0.2) is 18.3 Å². The third-order valence-electron chi connectivity index (χ3n) is 1.30. The molecule has 1 N–H and O–H groups in total. The number of halogens is 3. The first-order valence-corrected chi connectivity index (χ1v) is 4.32. The van der Waals surface area contributed by atoms with Crippen LogP contribution in [0.2, 0.25) is 0 Å². The van der Waals surface area contributed by atoms with Crippen molar-refractivity contribution in [2.45, 2.75) is 0 Å². The second-order valence-electron chi connectivity index (χ2n) is 2.27. The van der Waals surface area contributed by atoms with Gasteiger partial charge in [-0.05, 0) is 12.1 Å². The van der Waals surface area contributed by atoms with Crippen LogP contribution in [0.3, 0.4) is 0 Å². The molecule has 0 unspecified atom stereocenters. The first kappa shape index (κ1) is 10.4. The zero-order valence-corrected chi connectivity index (χ0v) is 8.14. The maximum atomic E-state index is 13.0. The minimum Gasteiger partial charge on any atom is -0.485 e. The molecular weight excluding hydrogens is 246 g/mol. The van der Waals surface area contributed by atoms with Crippen LogP contribution >= 0.6 is 15.9 Å². The zero-order valence-electron chi connectivity index (χ0n) is 6.56. The summed E-state index contributed by atoms with van der Waals surface area (Å²) < 4.78 is 30.9. The molecule has 0 fully saturated rings. The standard InChI is InChI=1S/C8H7BrF2O2/c9-5-3-6(10)8(7(11)4-5)13-2-1-12/h3-4,12H,1-2H2. The Bertz CT molecular complexity index is 281. The van der Waals surface area contributed by atoms with E-state index in [1.807, 2.05) is 0 Å². The Labute approximate surface area is 82.3 Å². The van der Waals surface area contributed by atoms with E-state index < -0.39 is 17.4 Å². The lowest BCUT2D eigenvalue weighted by molar-refractivity contribution is 0.191. The summed E-state index contributed by atoms with van der Waals surface area (Å²) in [6, 6.07) is 2.19. The summed E-state index contributed by atoms with van der Waals surface area (Å²) in [4.78, 5) is 0. The number of hydrogen-bond acceptors (Lipinski definition) is 2. The first-order valence-electron chi connectivity index (χ1n) is 3.53. The molecule has 1 aromatic rings. The number of aliphatic hydroxyl groups excluding tert-OH is 1. The molecule has 0 aromatic heterocycles. The lowest BCUT2D eigenvalue weighted by Crippen LogP contribution is -2.04. The normalized spacial score (nSPS) is 10.2. The molecule has 13 heavy (non-hydrogen) atoms. The summed E-state index contributed by atoms with van der Waals surface area (Å²) in [6.07, 6.45) is 0. The Kier molecular flexibility index (Phi) is 3.62. The van der Waals surface area contributed by atoms with Crippen molar-refractivity contribution in [3.8, 4) is 5.75 Å². The van der Waals surface area contributed by atoms with Gasteiger partial charge in [0.1, 0.15) is 6.61 Å². The van der Waals surface area contributed by atoms with Crippen molar-refractivity contribution in [1.82, 2.24) is 0 Å². The van der Waals surface area contributed by atoms with Crippen molar-refractivity contribution in [2.24, 2.45) is 0 Å². The number of rotatable bonds is 3. The quantitative estimate of drug-likeness (QED) is 0.893. The van der Waals surface area contributed by atoms with Gasteiger partial charge in [-0.25, -0.2) is 8.78 Å². The van der Waals surface area contributed by atoms with Gasteiger partial charge in [0, 0.05) is 4.47 Å². The zero-order chi connectivity index (χ0) is 9.84. The molecule has 0 radical (unpaired) electrons. The SMILES string of the molecule is OCCOc1c(F)cc(Br)cc1F. The van der Waals surface area contributed by atoms with Gasteiger partial charge in [-0.15, -0.1) is 0 Å². The van der Waals surface area contributed by atoms with Crippen LogP contribution in [0.5, 0.6) is 5.75 Å². The van der Waals surface area contributed by atoms with E-state index in [-0.39, 0.29) is 13.2 Å². The van der Waals surface area contributed by atoms with E-state index >= 15 is 0 Å². The van der Waals surface area contributed by atoms with Crippen LogP contribution < -0.4 is 4.74 Å². The average molecular weight is 253 g/mol. The molecule has 72 valence electrons. The Morgan fingerprint density at radius 2 is 1.85 bits per heavy atom. The molecule has 5 heteroatoms. The van der Waals surface area contributed by atoms with Gasteiger partial charge in [-0.3, -0.25) is 0 Å². The van der Waals surface area contributed by atoms with Gasteiger partial charge in [0.05, 0.1) is 6.61 Å². The fraction of sp³-hybridized carbons (Fsp3) is 0.250. The molecule has 0 aliphatic rings. The molecule has 1 rings (SSSR count). The predicted octanol–water partition coefficient (Wildman–Crippen LogP) is 2.10. The lowest BCUT2D eigenvalue weighted by atomic mass is 10.3. The van der Waals surface area contributed by atoms with Crippen LogP contribution in [0.1, 0.15) is 0 Å². The molecule has 0 aliphatic carbocycles. The Hall–Kier alpha value is -0.680. The minimum atomic E-state index is -0.791. The molecule has 0 spiro atoms. The Morgan fingerprint density at radius 1 is 1.31 bits per heavy atom. The fourth-order valence-electron chi connectivity index (χ4n) is 0.815. The van der Waals surface area contributed by atoms with E-state index in [0.717, 1.165) is 12.1 Å². The highest BCUT2D eigenvalue weighted by molar-refractivity contribution is 9.10. The third kappa shape index (κ3) is 2.63. The highest BCUT2D eigenvalue weighted by Gasteiger charge is 2.11. The average Bonchev–Trinajstić information content (AvgIpc) is 2.02. The summed E-state index contributed by atoms with van der Waals surface area (Å²) in [6.45, 7) is -0.412. The maximum absolute atomic E-state index is 13.0. The Morgan fingerprint density at radius 3 is 2.31 bits per heavy atom. The van der Waals surface area contributed by atoms with Crippen molar-refractivity contribution in [3.63, 3.8) is 0 Å². The van der Waals surface area contributed by atoms with Crippen LogP contribution in [0.25, 0.3) is 0 Å². The maximum Gasteiger partial charge on any atom is 0.190 e. The third-order valence-corrected chi connectivity index (χ3v) is 1.76. The predicted molar refractivity (Wildman–Crippen MR) is 46.6 cm³/mol. The molecule has 0 aliphatic heterocycles. The summed E-state index contributed by atoms with van der Waals surface area (Å²) in [5.74, 6) is -2.04. The number of aliphatic hydroxyl groups is 1. The molecule has 0 amide bonds. The highest BCUT2D eigenvalue weighted by Crippen LogP contribution is 2.25. The van der Waals surface area contributed by atoms with Crippen LogP contribution in [0, 0.1) is 11.6 Å². The van der Waals surface area contributed by atoms with Crippen molar-refractivity contribution >= 4 is 15.9 Å². The molecular formula is C8H7BrF2O2. The summed E-state index contributed by atoms with van der Waals surface area (Å²) in [5.41, 5.74) is 0. The second kappa shape index (κ2) is 4.53. The van der Waals surface area contributed by atoms with Gasteiger partial charge in [-0.1, -0.05) is 15.9 Å². The van der Waals surface area contributed by atoms with Crippen molar-refractivity contribution in [1.29, 1.82) is 0 Å². The molecule has 1 aromatic carbocycles. The van der Waals surface area contributed by atoms with Crippen molar-refractivity contribution in [2.75, 3.05) is 13.2 Å². The summed E-state index contributed by atoms with van der Waals surface area (Å²) in [5, 5.41) is 8.38. The smallest absolute Gasteiger partial charge is 0.190 e. The molecule has 2 nitrogen and oxygen atoms in total. The Balaban J connectivity index is 2.92. The second-order valence-corrected chi connectivity index (χ2v) is 3.19. The largest absolute Gasteiger partial charge is 0.485 e. The highest BCUT2D eigenvalue weighted by atomic mass is 79.9. The molecule has 0 bridgehead atoms. The molecule has 0 saturated heterocycles. The van der Waals surface area contributed by atoms with E-state index in [2.05, 4.69) is 20.7 Å². The van der Waals surface area contributed by atoms with Gasteiger partial charge in [0.25, 0.3) is 0 Å². The van der Waals surface area contributed by atoms with Gasteiger partial charge in [0.15, 0.2) is 17.4 Å². The lowest BCUT2D eigenvalue weighted by Gasteiger charge is -2.06. The first-order chi connectivity index (χ1) is 6.15. The van der Waals surface area contributed by atoms with Crippen molar-refractivity contribution in [3.05, 3.63) is 28.2 Å². The fourth-order valence-corrected chi connectivity index (χ4v) is 1.22. The summed E-state index contributed by atoms with van der Waals surface area (Å²) >= 11 is 2.93. The monoisotopic (exact) mass is 252 g/mol. The van der Waals surface area contributed by atoms with Gasteiger partial charge >= 0.3 is 0 Å². The van der Waals surface area contributed by atoms with E-state index in [1.165, 1.54) is 0 Å². The summed E-state index contributed by atoms with van der Waals surface area (Å²) in [7, 11) is 0. The van der Waals surface area contributed by atoms with Gasteiger partial charge in [0.2, 0.25) is 0 Å². The van der Waals surface area contributed by atoms with Crippen LogP contribution in [0.15, 0.2) is 16.6 Å². The molecule has 0 heterocycles. The number of ether oxygens (including phenoxy) is 1. The van der Waals surface area contributed by atoms with Gasteiger partial charge in [-0.2, -0.15) is 0 Å². The van der Waals surface area contributed by atoms with Crippen LogP contribution in [0.4, 0.5) is 8.78 Å². The van der Waals surface area contributed by atoms with Crippen LogP contribution in [-0.2, 0) is 0 Å². The van der Waals surface area contributed by atoms with E-state index in [0.29, 0.717) is 4.47 Å². The van der Waals surface area contributed by atoms with E-state index in [9.17, 15) is 8.78 Å². The van der Waals surface area contributed by atoms with E-state index in [1.54, 1.807) is 0 Å². The van der Waals surface area contributed by atoms with Gasteiger partial charge < -0.3 is 9.84 Å². The minimum absolute atomic E-state index is 0.129. The van der Waals surface area contributed by atoms with E-state index in [4.69, 9.17) is 5.11 Å². The molecule has 0 saturated carbocycles. The molecule has 0 atom stereocenters.